The topological polar surface area (TPSA) is 87.1 Å². The molecule has 1 saturated heterocycles. The predicted molar refractivity (Wildman–Crippen MR) is 101 cm³/mol. The third-order valence-corrected chi connectivity index (χ3v) is 4.85. The Balaban J connectivity index is 2.10. The molecule has 26 heavy (non-hydrogen) atoms. The monoisotopic (exact) mass is 372 g/mol. The maximum Gasteiger partial charge on any atom is 0.253 e. The first-order chi connectivity index (χ1) is 12.4. The standard InChI is InChI=1S/C18H16N2O5S/c1-3-5-19-8-12(22)20(18(19)26)14-16-10(4-6-24-16)15(23)13-11(21)7-9(2)25-17(13)14/h4,6-7,23H,3,5,8H2,1-2H3. The third kappa shape index (κ3) is 2.22. The Bertz CT molecular complexity index is 1130. The van der Waals surface area contributed by atoms with Crippen molar-refractivity contribution in [2.75, 3.05) is 18.0 Å². The highest BCUT2D eigenvalue weighted by atomic mass is 32.1. The molecule has 134 valence electrons. The van der Waals surface area contributed by atoms with Gasteiger partial charge in [-0.15, -0.1) is 0 Å². The molecule has 8 heteroatoms. The van der Waals surface area contributed by atoms with Crippen LogP contribution in [0.4, 0.5) is 5.69 Å². The van der Waals surface area contributed by atoms with Crippen molar-refractivity contribution < 1.29 is 18.7 Å². The average molecular weight is 372 g/mol. The molecule has 0 saturated carbocycles. The van der Waals surface area contributed by atoms with Crippen LogP contribution >= 0.6 is 12.2 Å². The Morgan fingerprint density at radius 2 is 2.08 bits per heavy atom. The highest BCUT2D eigenvalue weighted by Crippen LogP contribution is 2.43. The largest absolute Gasteiger partial charge is 0.506 e. The van der Waals surface area contributed by atoms with Crippen LogP contribution in [0.3, 0.4) is 0 Å². The lowest BCUT2D eigenvalue weighted by molar-refractivity contribution is -0.116. The summed E-state index contributed by atoms with van der Waals surface area (Å²) in [6.45, 7) is 4.41. The normalized spacial score (nSPS) is 15.0. The van der Waals surface area contributed by atoms with Crippen molar-refractivity contribution in [3.8, 4) is 5.75 Å². The van der Waals surface area contributed by atoms with E-state index in [0.29, 0.717) is 22.8 Å². The fraction of sp³-hybridized carbons (Fsp3) is 0.278. The number of rotatable bonds is 3. The first-order valence-corrected chi connectivity index (χ1v) is 8.63. The Kier molecular flexibility index (Phi) is 3.73. The molecule has 0 atom stereocenters. The minimum Gasteiger partial charge on any atom is -0.506 e. The van der Waals surface area contributed by atoms with Gasteiger partial charge in [-0.1, -0.05) is 6.92 Å². The number of hydrogen-bond acceptors (Lipinski definition) is 6. The zero-order valence-corrected chi connectivity index (χ0v) is 15.1. The minimum atomic E-state index is -0.395. The molecule has 0 spiro atoms. The molecular weight excluding hydrogens is 356 g/mol. The van der Waals surface area contributed by atoms with Crippen molar-refractivity contribution >= 4 is 50.9 Å². The number of thiocarbonyl (C=S) groups is 1. The lowest BCUT2D eigenvalue weighted by Crippen LogP contribution is -2.33. The minimum absolute atomic E-state index is 0.00374. The fourth-order valence-electron chi connectivity index (χ4n) is 3.34. The van der Waals surface area contributed by atoms with Crippen molar-refractivity contribution in [2.24, 2.45) is 0 Å². The smallest absolute Gasteiger partial charge is 0.253 e. The Morgan fingerprint density at radius 1 is 1.31 bits per heavy atom. The number of aromatic hydroxyl groups is 1. The number of aryl methyl sites for hydroxylation is 1. The van der Waals surface area contributed by atoms with Gasteiger partial charge in [-0.05, 0) is 31.6 Å². The van der Waals surface area contributed by atoms with Crippen LogP contribution in [0, 0.1) is 6.92 Å². The van der Waals surface area contributed by atoms with Crippen LogP contribution in [0.2, 0.25) is 0 Å². The highest BCUT2D eigenvalue weighted by molar-refractivity contribution is 7.80. The first kappa shape index (κ1) is 16.6. The maximum absolute atomic E-state index is 12.7. The van der Waals surface area contributed by atoms with Gasteiger partial charge < -0.3 is 18.8 Å². The Labute approximate surface area is 153 Å². The van der Waals surface area contributed by atoms with Crippen LogP contribution in [0.15, 0.2) is 32.0 Å². The molecule has 3 heterocycles. The molecule has 0 radical (unpaired) electrons. The number of fused-ring (bicyclic) bond motifs is 2. The molecule has 1 aromatic carbocycles. The van der Waals surface area contributed by atoms with E-state index in [2.05, 4.69) is 0 Å². The van der Waals surface area contributed by atoms with E-state index in [9.17, 15) is 14.7 Å². The Morgan fingerprint density at radius 3 is 2.81 bits per heavy atom. The summed E-state index contributed by atoms with van der Waals surface area (Å²) in [7, 11) is 0. The number of furan rings is 1. The maximum atomic E-state index is 12.7. The van der Waals surface area contributed by atoms with Gasteiger partial charge in [-0.25, -0.2) is 4.90 Å². The summed E-state index contributed by atoms with van der Waals surface area (Å²) in [6, 6.07) is 2.84. The van der Waals surface area contributed by atoms with E-state index in [4.69, 9.17) is 21.1 Å². The van der Waals surface area contributed by atoms with Gasteiger partial charge in [-0.3, -0.25) is 9.59 Å². The van der Waals surface area contributed by atoms with E-state index in [-0.39, 0.29) is 40.4 Å². The molecule has 0 unspecified atom stereocenters. The van der Waals surface area contributed by atoms with Gasteiger partial charge in [0.25, 0.3) is 5.91 Å². The highest BCUT2D eigenvalue weighted by Gasteiger charge is 2.38. The molecular formula is C18H16N2O5S. The van der Waals surface area contributed by atoms with E-state index in [1.165, 1.54) is 17.2 Å². The van der Waals surface area contributed by atoms with Crippen LogP contribution in [0.1, 0.15) is 19.1 Å². The molecule has 1 amide bonds. The van der Waals surface area contributed by atoms with Crippen molar-refractivity contribution in [1.29, 1.82) is 0 Å². The molecule has 1 aliphatic heterocycles. The van der Waals surface area contributed by atoms with Gasteiger partial charge in [0.1, 0.15) is 22.6 Å². The zero-order valence-electron chi connectivity index (χ0n) is 14.2. The zero-order chi connectivity index (χ0) is 18.6. The number of hydrogen-bond donors (Lipinski definition) is 1. The number of anilines is 1. The number of phenolic OH excluding ortho intramolecular Hbond substituents is 1. The second-order valence-electron chi connectivity index (χ2n) is 6.22. The molecule has 7 nitrogen and oxygen atoms in total. The number of carbonyl (C=O) groups is 1. The van der Waals surface area contributed by atoms with E-state index >= 15 is 0 Å². The summed E-state index contributed by atoms with van der Waals surface area (Å²) in [6.07, 6.45) is 2.22. The van der Waals surface area contributed by atoms with Gasteiger partial charge in [-0.2, -0.15) is 0 Å². The van der Waals surface area contributed by atoms with Crippen molar-refractivity contribution in [3.63, 3.8) is 0 Å². The van der Waals surface area contributed by atoms with Crippen LogP contribution in [0.25, 0.3) is 21.9 Å². The summed E-state index contributed by atoms with van der Waals surface area (Å²) >= 11 is 5.49. The predicted octanol–water partition coefficient (Wildman–Crippen LogP) is 2.90. The first-order valence-electron chi connectivity index (χ1n) is 8.22. The van der Waals surface area contributed by atoms with Crippen LogP contribution in [-0.2, 0) is 4.79 Å². The SMILES string of the molecule is CCCN1CC(=O)N(c2c3occc3c(O)c3c(=O)cc(C)oc23)C1=S. The second-order valence-corrected chi connectivity index (χ2v) is 6.58. The number of benzene rings is 1. The number of carbonyl (C=O) groups excluding carboxylic acids is 1. The number of nitrogens with zero attached hydrogens (tertiary/aromatic N) is 2. The molecule has 3 aromatic rings. The number of phenols is 1. The lowest BCUT2D eigenvalue weighted by atomic mass is 10.1. The summed E-state index contributed by atoms with van der Waals surface area (Å²) in [5.41, 5.74) is 0.197. The summed E-state index contributed by atoms with van der Waals surface area (Å²) < 4.78 is 11.3. The molecule has 1 N–H and O–H groups in total. The van der Waals surface area contributed by atoms with Crippen LogP contribution < -0.4 is 10.3 Å². The molecule has 0 bridgehead atoms. The molecule has 1 aliphatic rings. The van der Waals surface area contributed by atoms with Gasteiger partial charge in [0.15, 0.2) is 21.7 Å². The molecule has 1 fully saturated rings. The van der Waals surface area contributed by atoms with Crippen molar-refractivity contribution in [2.45, 2.75) is 20.3 Å². The summed E-state index contributed by atoms with van der Waals surface area (Å²) in [5.74, 6) is -0.112. The van der Waals surface area contributed by atoms with Crippen molar-refractivity contribution in [3.05, 3.63) is 34.4 Å². The van der Waals surface area contributed by atoms with Crippen LogP contribution in [-0.4, -0.2) is 34.1 Å². The quantitative estimate of drug-likeness (QED) is 0.707. The molecule has 2 aromatic heterocycles. The summed E-state index contributed by atoms with van der Waals surface area (Å²) in [5, 5.41) is 11.2. The lowest BCUT2D eigenvalue weighted by Gasteiger charge is -2.21. The van der Waals surface area contributed by atoms with Gasteiger partial charge >= 0.3 is 0 Å². The van der Waals surface area contributed by atoms with Gasteiger partial charge in [0.2, 0.25) is 0 Å². The number of amides is 1. The van der Waals surface area contributed by atoms with Gasteiger partial charge in [0.05, 0.1) is 18.2 Å². The van der Waals surface area contributed by atoms with E-state index in [1.807, 2.05) is 6.92 Å². The van der Waals surface area contributed by atoms with E-state index < -0.39 is 5.43 Å². The van der Waals surface area contributed by atoms with Crippen molar-refractivity contribution in [1.82, 2.24) is 4.90 Å². The fourth-order valence-corrected chi connectivity index (χ4v) is 3.68. The third-order valence-electron chi connectivity index (χ3n) is 4.41. The summed E-state index contributed by atoms with van der Waals surface area (Å²) in [4.78, 5) is 28.3. The van der Waals surface area contributed by atoms with E-state index in [1.54, 1.807) is 17.9 Å². The van der Waals surface area contributed by atoms with Crippen LogP contribution in [0.5, 0.6) is 5.75 Å². The average Bonchev–Trinajstić information content (AvgIpc) is 3.15. The van der Waals surface area contributed by atoms with Gasteiger partial charge in [0, 0.05) is 12.6 Å². The Hall–Kier alpha value is -2.87. The molecule has 4 rings (SSSR count). The second kappa shape index (κ2) is 5.84. The molecule has 0 aliphatic carbocycles. The van der Waals surface area contributed by atoms with E-state index in [0.717, 1.165) is 6.42 Å².